The van der Waals surface area contributed by atoms with Crippen LogP contribution in [0.25, 0.3) is 11.1 Å². The summed E-state index contributed by atoms with van der Waals surface area (Å²) in [5.41, 5.74) is 2.33. The van der Waals surface area contributed by atoms with Gasteiger partial charge in [-0.15, -0.1) is 0 Å². The zero-order valence-corrected chi connectivity index (χ0v) is 16.1. The minimum atomic E-state index is -0.537. The lowest BCUT2D eigenvalue weighted by Crippen LogP contribution is -2.30. The molecule has 0 aliphatic carbocycles. The number of nitriles is 1. The summed E-state index contributed by atoms with van der Waals surface area (Å²) in [5.74, 6) is -0.874. The Kier molecular flexibility index (Phi) is 4.87. The lowest BCUT2D eigenvalue weighted by Gasteiger charge is -2.17. The van der Waals surface area contributed by atoms with Gasteiger partial charge in [0.2, 0.25) is 0 Å². The van der Waals surface area contributed by atoms with Crippen molar-refractivity contribution in [3.8, 4) is 22.9 Å². The van der Waals surface area contributed by atoms with Gasteiger partial charge in [0.25, 0.3) is 11.8 Å². The maximum absolute atomic E-state index is 13.1. The Hall–Kier alpha value is -4.24. The number of rotatable bonds is 5. The van der Waals surface area contributed by atoms with Crippen LogP contribution in [0.1, 0.15) is 33.2 Å². The number of carbonyl (C=O) groups excluding carboxylic acids is 3. The quantitative estimate of drug-likeness (QED) is 0.609. The van der Waals surface area contributed by atoms with Crippen LogP contribution in [0.3, 0.4) is 0 Å². The second-order valence-corrected chi connectivity index (χ2v) is 6.82. The molecule has 0 spiro atoms. The number of fused-ring (bicyclic) bond motifs is 1. The summed E-state index contributed by atoms with van der Waals surface area (Å²) >= 11 is 0. The number of ketones is 1. The van der Waals surface area contributed by atoms with Crippen molar-refractivity contribution < 1.29 is 19.1 Å². The van der Waals surface area contributed by atoms with Crippen LogP contribution >= 0.6 is 0 Å². The minimum Gasteiger partial charge on any atom is -0.486 e. The number of hydrogen-bond donors (Lipinski definition) is 0. The van der Waals surface area contributed by atoms with E-state index in [2.05, 4.69) is 6.07 Å². The first-order valence-electron chi connectivity index (χ1n) is 9.25. The fraction of sp³-hybridized carbons (Fsp3) is 0.0833. The summed E-state index contributed by atoms with van der Waals surface area (Å²) in [6.07, 6.45) is 0. The molecule has 0 atom stereocenters. The smallest absolute Gasteiger partial charge is 0.266 e. The summed E-state index contributed by atoms with van der Waals surface area (Å²) in [4.78, 5) is 38.2. The third-order valence-corrected chi connectivity index (χ3v) is 4.78. The average Bonchev–Trinajstić information content (AvgIpc) is 3.01. The predicted molar refractivity (Wildman–Crippen MR) is 110 cm³/mol. The van der Waals surface area contributed by atoms with E-state index in [-0.39, 0.29) is 34.8 Å². The molecule has 0 fully saturated rings. The average molecular weight is 396 g/mol. The molecular weight excluding hydrogens is 380 g/mol. The summed E-state index contributed by atoms with van der Waals surface area (Å²) in [7, 11) is 0. The molecule has 30 heavy (non-hydrogen) atoms. The van der Waals surface area contributed by atoms with Crippen molar-refractivity contribution in [3.05, 3.63) is 83.4 Å². The molecule has 6 nitrogen and oxygen atoms in total. The van der Waals surface area contributed by atoms with Crippen LogP contribution in [0.15, 0.2) is 66.7 Å². The van der Waals surface area contributed by atoms with E-state index in [1.54, 1.807) is 24.3 Å². The lowest BCUT2D eigenvalue weighted by atomic mass is 9.98. The van der Waals surface area contributed by atoms with E-state index in [9.17, 15) is 19.6 Å². The zero-order valence-electron chi connectivity index (χ0n) is 16.1. The number of Topliss-reactive ketones (excluding diaryl/α,β-unsaturated/α-hetero) is 1. The molecule has 0 unspecified atom stereocenters. The van der Waals surface area contributed by atoms with Gasteiger partial charge in [0.15, 0.2) is 5.78 Å². The number of anilines is 1. The summed E-state index contributed by atoms with van der Waals surface area (Å²) in [6.45, 7) is 1.27. The van der Waals surface area contributed by atoms with E-state index >= 15 is 0 Å². The number of carbonyl (C=O) groups is 3. The summed E-state index contributed by atoms with van der Waals surface area (Å²) in [5, 5.41) is 9.83. The van der Waals surface area contributed by atoms with Gasteiger partial charge < -0.3 is 4.74 Å². The van der Waals surface area contributed by atoms with Gasteiger partial charge in [-0.2, -0.15) is 5.26 Å². The van der Waals surface area contributed by atoms with E-state index in [0.29, 0.717) is 11.3 Å². The van der Waals surface area contributed by atoms with Crippen molar-refractivity contribution in [2.75, 3.05) is 11.5 Å². The molecule has 0 radical (unpaired) electrons. The molecule has 0 saturated carbocycles. The number of benzene rings is 3. The van der Waals surface area contributed by atoms with E-state index in [4.69, 9.17) is 4.74 Å². The Bertz CT molecular complexity index is 1230. The molecule has 0 aromatic heterocycles. The third-order valence-electron chi connectivity index (χ3n) is 4.78. The molecule has 4 rings (SSSR count). The van der Waals surface area contributed by atoms with Gasteiger partial charge in [-0.3, -0.25) is 14.4 Å². The van der Waals surface area contributed by atoms with E-state index in [0.717, 1.165) is 10.5 Å². The number of amides is 2. The first-order chi connectivity index (χ1) is 14.5. The van der Waals surface area contributed by atoms with Gasteiger partial charge in [-0.1, -0.05) is 42.5 Å². The molecule has 146 valence electrons. The molecule has 3 aromatic rings. The second-order valence-electron chi connectivity index (χ2n) is 6.82. The highest BCUT2D eigenvalue weighted by Crippen LogP contribution is 2.36. The Morgan fingerprint density at radius 1 is 0.933 bits per heavy atom. The highest BCUT2D eigenvalue weighted by molar-refractivity contribution is 6.35. The van der Waals surface area contributed by atoms with Crippen molar-refractivity contribution in [2.24, 2.45) is 0 Å². The highest BCUT2D eigenvalue weighted by atomic mass is 16.5. The maximum atomic E-state index is 13.1. The topological polar surface area (TPSA) is 87.5 Å². The van der Waals surface area contributed by atoms with Gasteiger partial charge >= 0.3 is 0 Å². The van der Waals surface area contributed by atoms with Gasteiger partial charge in [0.1, 0.15) is 18.4 Å². The number of nitrogens with zero attached hydrogens (tertiary/aromatic N) is 2. The molecule has 1 aliphatic heterocycles. The van der Waals surface area contributed by atoms with Crippen molar-refractivity contribution in [2.45, 2.75) is 6.92 Å². The molecule has 2 amide bonds. The number of ether oxygens (including phenoxy) is 1. The molecule has 1 aliphatic rings. The van der Waals surface area contributed by atoms with E-state index in [1.165, 1.54) is 19.1 Å². The minimum absolute atomic E-state index is 0.123. The predicted octanol–water partition coefficient (Wildman–Crippen LogP) is 3.99. The Balaban J connectivity index is 1.77. The van der Waals surface area contributed by atoms with Gasteiger partial charge in [0, 0.05) is 5.56 Å². The SMILES string of the molecule is CC(=O)COc1ccc2c(c1)C(=O)N(c1cccc(-c3ccccc3)c1C#N)C2=O. The van der Waals surface area contributed by atoms with Crippen LogP contribution < -0.4 is 9.64 Å². The fourth-order valence-corrected chi connectivity index (χ4v) is 3.42. The number of imide groups is 1. The molecular formula is C24H16N2O4. The first-order valence-corrected chi connectivity index (χ1v) is 9.25. The monoisotopic (exact) mass is 396 g/mol. The standard InChI is InChI=1S/C24H16N2O4/c1-15(27)14-30-17-10-11-19-20(12-17)24(29)26(23(19)28)22-9-5-8-18(21(22)13-25)16-6-3-2-4-7-16/h2-12H,14H2,1H3. The van der Waals surface area contributed by atoms with Gasteiger partial charge in [-0.05, 0) is 36.8 Å². The lowest BCUT2D eigenvalue weighted by molar-refractivity contribution is -0.118. The van der Waals surface area contributed by atoms with Crippen LogP contribution in [-0.2, 0) is 4.79 Å². The Labute approximate surface area is 172 Å². The van der Waals surface area contributed by atoms with Crippen LogP contribution in [0, 0.1) is 11.3 Å². The molecule has 0 bridgehead atoms. The Morgan fingerprint density at radius 2 is 1.67 bits per heavy atom. The summed E-state index contributed by atoms with van der Waals surface area (Å²) < 4.78 is 5.36. The Morgan fingerprint density at radius 3 is 2.37 bits per heavy atom. The largest absolute Gasteiger partial charge is 0.486 e. The van der Waals surface area contributed by atoms with Gasteiger partial charge in [-0.25, -0.2) is 4.90 Å². The fourth-order valence-electron chi connectivity index (χ4n) is 3.42. The van der Waals surface area contributed by atoms with E-state index in [1.807, 2.05) is 30.3 Å². The van der Waals surface area contributed by atoms with E-state index < -0.39 is 11.8 Å². The highest BCUT2D eigenvalue weighted by Gasteiger charge is 2.38. The van der Waals surface area contributed by atoms with Gasteiger partial charge in [0.05, 0.1) is 22.4 Å². The molecule has 0 saturated heterocycles. The molecule has 0 N–H and O–H groups in total. The van der Waals surface area contributed by atoms with Crippen molar-refractivity contribution in [1.82, 2.24) is 0 Å². The van der Waals surface area contributed by atoms with Crippen molar-refractivity contribution >= 4 is 23.3 Å². The van der Waals surface area contributed by atoms with Crippen LogP contribution in [0.2, 0.25) is 0 Å². The van der Waals surface area contributed by atoms with Crippen LogP contribution in [0.5, 0.6) is 5.75 Å². The normalized spacial score (nSPS) is 12.5. The molecule has 3 aromatic carbocycles. The first kappa shape index (κ1) is 19.1. The zero-order chi connectivity index (χ0) is 21.3. The third kappa shape index (κ3) is 3.23. The van der Waals surface area contributed by atoms with Crippen molar-refractivity contribution in [1.29, 1.82) is 5.26 Å². The van der Waals surface area contributed by atoms with Crippen LogP contribution in [-0.4, -0.2) is 24.2 Å². The molecule has 6 heteroatoms. The summed E-state index contributed by atoms with van der Waals surface area (Å²) in [6, 6.07) is 21.0. The molecule has 1 heterocycles. The second kappa shape index (κ2) is 7.64. The number of hydrogen-bond acceptors (Lipinski definition) is 5. The van der Waals surface area contributed by atoms with Crippen molar-refractivity contribution in [3.63, 3.8) is 0 Å². The van der Waals surface area contributed by atoms with Crippen LogP contribution in [0.4, 0.5) is 5.69 Å². The maximum Gasteiger partial charge on any atom is 0.266 e.